The lowest BCUT2D eigenvalue weighted by molar-refractivity contribution is -0.128. The molecule has 6 nitrogen and oxygen atoms in total. The van der Waals surface area contributed by atoms with E-state index in [2.05, 4.69) is 15.3 Å². The van der Waals surface area contributed by atoms with Gasteiger partial charge >= 0.3 is 0 Å². The predicted octanol–water partition coefficient (Wildman–Crippen LogP) is 4.72. The van der Waals surface area contributed by atoms with Gasteiger partial charge in [0.25, 0.3) is 5.91 Å². The Balaban J connectivity index is 1.61. The number of amides is 1. The molecule has 0 aliphatic rings. The first-order chi connectivity index (χ1) is 12.9. The monoisotopic (exact) mass is 383 g/mol. The minimum absolute atomic E-state index is 0.278. The van der Waals surface area contributed by atoms with Gasteiger partial charge in [-0.3, -0.25) is 9.78 Å². The van der Waals surface area contributed by atoms with Crippen LogP contribution < -0.4 is 14.8 Å². The lowest BCUT2D eigenvalue weighted by Gasteiger charge is -2.25. The summed E-state index contributed by atoms with van der Waals surface area (Å²) in [5.74, 6) is 1.27. The number of anilines is 1. The zero-order chi connectivity index (χ0) is 19.3. The molecule has 1 amide bonds. The summed E-state index contributed by atoms with van der Waals surface area (Å²) < 4.78 is 11.4. The van der Waals surface area contributed by atoms with Crippen molar-refractivity contribution in [3.63, 3.8) is 0 Å². The molecule has 138 valence electrons. The first-order valence-corrected chi connectivity index (χ1v) is 8.60. The SMILES string of the molecule is CC(C)(Oc1ccc(Cl)cc1)C(=O)Nc1ccc(Oc2cnccn2)cc1. The van der Waals surface area contributed by atoms with Crippen molar-refractivity contribution in [3.8, 4) is 17.4 Å². The van der Waals surface area contributed by atoms with E-state index >= 15 is 0 Å². The van der Waals surface area contributed by atoms with E-state index in [0.29, 0.717) is 28.1 Å². The highest BCUT2D eigenvalue weighted by Crippen LogP contribution is 2.24. The highest BCUT2D eigenvalue weighted by molar-refractivity contribution is 6.30. The average Bonchev–Trinajstić information content (AvgIpc) is 2.66. The molecule has 2 aromatic carbocycles. The van der Waals surface area contributed by atoms with Crippen LogP contribution in [0, 0.1) is 0 Å². The zero-order valence-corrected chi connectivity index (χ0v) is 15.6. The van der Waals surface area contributed by atoms with Gasteiger partial charge in [-0.2, -0.15) is 0 Å². The molecule has 3 aromatic rings. The quantitative estimate of drug-likeness (QED) is 0.666. The Hall–Kier alpha value is -3.12. The van der Waals surface area contributed by atoms with Gasteiger partial charge in [-0.05, 0) is 62.4 Å². The van der Waals surface area contributed by atoms with Crippen molar-refractivity contribution in [2.24, 2.45) is 0 Å². The molecule has 0 radical (unpaired) electrons. The Morgan fingerprint density at radius 3 is 2.30 bits per heavy atom. The largest absolute Gasteiger partial charge is 0.478 e. The molecule has 1 aromatic heterocycles. The molecule has 0 bridgehead atoms. The Kier molecular flexibility index (Phi) is 5.57. The minimum Gasteiger partial charge on any atom is -0.478 e. The fraction of sp³-hybridized carbons (Fsp3) is 0.150. The Morgan fingerprint density at radius 1 is 1.00 bits per heavy atom. The lowest BCUT2D eigenvalue weighted by Crippen LogP contribution is -2.42. The standard InChI is InChI=1S/C20H18ClN3O3/c1-20(2,27-17-7-3-14(21)4-8-17)19(25)24-15-5-9-16(10-6-15)26-18-13-22-11-12-23-18/h3-13H,1-2H3,(H,24,25). The third-order valence-corrected chi connectivity index (χ3v) is 3.86. The van der Waals surface area contributed by atoms with Crippen LogP contribution in [0.25, 0.3) is 0 Å². The molecule has 0 spiro atoms. The van der Waals surface area contributed by atoms with E-state index < -0.39 is 5.60 Å². The van der Waals surface area contributed by atoms with Gasteiger partial charge in [-0.1, -0.05) is 11.6 Å². The summed E-state index contributed by atoms with van der Waals surface area (Å²) in [6.45, 7) is 3.39. The topological polar surface area (TPSA) is 73.3 Å². The van der Waals surface area contributed by atoms with E-state index in [4.69, 9.17) is 21.1 Å². The Bertz CT molecular complexity index is 898. The van der Waals surface area contributed by atoms with Gasteiger partial charge in [0.15, 0.2) is 5.60 Å². The van der Waals surface area contributed by atoms with Gasteiger partial charge in [0, 0.05) is 23.1 Å². The summed E-state index contributed by atoms with van der Waals surface area (Å²) in [4.78, 5) is 20.6. The Morgan fingerprint density at radius 2 is 1.67 bits per heavy atom. The Labute approximate surface area is 162 Å². The van der Waals surface area contributed by atoms with Crippen LogP contribution in [0.4, 0.5) is 5.69 Å². The summed E-state index contributed by atoms with van der Waals surface area (Å²) in [7, 11) is 0. The minimum atomic E-state index is -1.07. The summed E-state index contributed by atoms with van der Waals surface area (Å²) in [6, 6.07) is 13.8. The smallest absolute Gasteiger partial charge is 0.267 e. The average molecular weight is 384 g/mol. The molecule has 0 fully saturated rings. The number of benzene rings is 2. The molecule has 0 saturated heterocycles. The third-order valence-electron chi connectivity index (χ3n) is 3.61. The van der Waals surface area contributed by atoms with Crippen molar-refractivity contribution in [1.29, 1.82) is 0 Å². The second-order valence-corrected chi connectivity index (χ2v) is 6.63. The molecular weight excluding hydrogens is 366 g/mol. The highest BCUT2D eigenvalue weighted by Gasteiger charge is 2.30. The van der Waals surface area contributed by atoms with Crippen LogP contribution in [-0.2, 0) is 4.79 Å². The summed E-state index contributed by atoms with van der Waals surface area (Å²) in [5, 5.41) is 3.44. The number of halogens is 1. The van der Waals surface area contributed by atoms with E-state index in [1.807, 2.05) is 0 Å². The molecule has 7 heteroatoms. The number of ether oxygens (including phenoxy) is 2. The molecular formula is C20H18ClN3O3. The summed E-state index contributed by atoms with van der Waals surface area (Å²) >= 11 is 5.86. The van der Waals surface area contributed by atoms with Crippen molar-refractivity contribution in [1.82, 2.24) is 9.97 Å². The van der Waals surface area contributed by atoms with E-state index in [0.717, 1.165) is 0 Å². The second-order valence-electron chi connectivity index (χ2n) is 6.19. The number of rotatable bonds is 6. The van der Waals surface area contributed by atoms with Crippen LogP contribution in [0.3, 0.4) is 0 Å². The first kappa shape index (κ1) is 18.7. The van der Waals surface area contributed by atoms with E-state index in [1.165, 1.54) is 6.20 Å². The maximum absolute atomic E-state index is 12.6. The number of carbonyl (C=O) groups excluding carboxylic acids is 1. The van der Waals surface area contributed by atoms with Gasteiger partial charge in [0.1, 0.15) is 11.5 Å². The maximum atomic E-state index is 12.6. The van der Waals surface area contributed by atoms with Crippen molar-refractivity contribution in [3.05, 3.63) is 72.1 Å². The van der Waals surface area contributed by atoms with Crippen LogP contribution >= 0.6 is 11.6 Å². The van der Waals surface area contributed by atoms with Crippen molar-refractivity contribution >= 4 is 23.2 Å². The first-order valence-electron chi connectivity index (χ1n) is 8.22. The van der Waals surface area contributed by atoms with E-state index in [9.17, 15) is 4.79 Å². The number of nitrogens with zero attached hydrogens (tertiary/aromatic N) is 2. The number of hydrogen-bond donors (Lipinski definition) is 1. The second kappa shape index (κ2) is 8.05. The van der Waals surface area contributed by atoms with Gasteiger partial charge in [0.2, 0.25) is 5.88 Å². The number of aromatic nitrogens is 2. The van der Waals surface area contributed by atoms with Crippen LogP contribution in [0.1, 0.15) is 13.8 Å². The zero-order valence-electron chi connectivity index (χ0n) is 14.8. The van der Waals surface area contributed by atoms with E-state index in [1.54, 1.807) is 74.8 Å². The van der Waals surface area contributed by atoms with Crippen molar-refractivity contribution < 1.29 is 14.3 Å². The fourth-order valence-electron chi connectivity index (χ4n) is 2.19. The molecule has 1 heterocycles. The van der Waals surface area contributed by atoms with Crippen LogP contribution in [-0.4, -0.2) is 21.5 Å². The van der Waals surface area contributed by atoms with Crippen molar-refractivity contribution in [2.45, 2.75) is 19.4 Å². The summed E-state index contributed by atoms with van der Waals surface area (Å²) in [6.07, 6.45) is 4.64. The molecule has 0 saturated carbocycles. The van der Waals surface area contributed by atoms with Gasteiger partial charge in [0.05, 0.1) is 6.20 Å². The number of hydrogen-bond acceptors (Lipinski definition) is 5. The van der Waals surface area contributed by atoms with Crippen LogP contribution in [0.5, 0.6) is 17.4 Å². The lowest BCUT2D eigenvalue weighted by atomic mass is 10.1. The molecule has 1 N–H and O–H groups in total. The molecule has 27 heavy (non-hydrogen) atoms. The van der Waals surface area contributed by atoms with E-state index in [-0.39, 0.29) is 5.91 Å². The van der Waals surface area contributed by atoms with Gasteiger partial charge in [-0.25, -0.2) is 4.98 Å². The van der Waals surface area contributed by atoms with Gasteiger partial charge < -0.3 is 14.8 Å². The summed E-state index contributed by atoms with van der Waals surface area (Å²) in [5.41, 5.74) is -0.443. The maximum Gasteiger partial charge on any atom is 0.267 e. The van der Waals surface area contributed by atoms with Crippen LogP contribution in [0.2, 0.25) is 5.02 Å². The van der Waals surface area contributed by atoms with Crippen molar-refractivity contribution in [2.75, 3.05) is 5.32 Å². The molecule has 0 unspecified atom stereocenters. The molecule has 3 rings (SSSR count). The van der Waals surface area contributed by atoms with Crippen LogP contribution in [0.15, 0.2) is 67.1 Å². The van der Waals surface area contributed by atoms with Gasteiger partial charge in [-0.15, -0.1) is 0 Å². The molecule has 0 atom stereocenters. The molecule has 0 aliphatic heterocycles. The normalized spacial score (nSPS) is 10.9. The molecule has 0 aliphatic carbocycles. The number of nitrogens with one attached hydrogen (secondary N) is 1. The third kappa shape index (κ3) is 5.18. The predicted molar refractivity (Wildman–Crippen MR) is 103 cm³/mol. The fourth-order valence-corrected chi connectivity index (χ4v) is 2.32. The number of carbonyl (C=O) groups is 1. The highest BCUT2D eigenvalue weighted by atomic mass is 35.5.